The van der Waals surface area contributed by atoms with E-state index in [1.807, 2.05) is 0 Å². The molecule has 0 aromatic rings. The third-order valence-electron chi connectivity index (χ3n) is 6.14. The van der Waals surface area contributed by atoms with E-state index in [4.69, 9.17) is 9.47 Å². The highest BCUT2D eigenvalue weighted by Gasteiger charge is 2.45. The minimum Gasteiger partial charge on any atom is -0.464 e. The fourth-order valence-electron chi connectivity index (χ4n) is 4.42. The Morgan fingerprint density at radius 1 is 1.19 bits per heavy atom. The molecule has 0 bridgehead atoms. The second-order valence-corrected chi connectivity index (χ2v) is 8.67. The maximum atomic E-state index is 12.6. The molecule has 2 saturated carbocycles. The van der Waals surface area contributed by atoms with Gasteiger partial charge >= 0.3 is 12.1 Å². The standard InChI is InChI=1S/C21H37NO4/c1-5-6-13-25-19(23)21(11-7-8-12-21)22-20(24)26-18-14-16(4)9-10-17(18)15(2)3/h15-18H,5-14H2,1-4H3,(H,22,24). The van der Waals surface area contributed by atoms with Crippen LogP contribution < -0.4 is 5.32 Å². The lowest BCUT2D eigenvalue weighted by Gasteiger charge is -2.37. The summed E-state index contributed by atoms with van der Waals surface area (Å²) in [5.74, 6) is 1.16. The molecule has 5 heteroatoms. The Morgan fingerprint density at radius 3 is 2.50 bits per heavy atom. The van der Waals surface area contributed by atoms with E-state index < -0.39 is 11.6 Å². The molecule has 2 aliphatic carbocycles. The Kier molecular flexibility index (Phi) is 7.78. The Labute approximate surface area is 158 Å². The van der Waals surface area contributed by atoms with Crippen LogP contribution in [0.3, 0.4) is 0 Å². The molecule has 150 valence electrons. The Hall–Kier alpha value is -1.26. The minimum atomic E-state index is -0.890. The van der Waals surface area contributed by atoms with Gasteiger partial charge in [-0.1, -0.05) is 53.4 Å². The number of alkyl carbamates (subject to hydrolysis) is 1. The van der Waals surface area contributed by atoms with Crippen molar-refractivity contribution in [3.8, 4) is 0 Å². The smallest absolute Gasteiger partial charge is 0.408 e. The normalized spacial score (nSPS) is 28.0. The fourth-order valence-corrected chi connectivity index (χ4v) is 4.42. The zero-order valence-corrected chi connectivity index (χ0v) is 17.0. The molecule has 0 spiro atoms. The first-order chi connectivity index (χ1) is 12.4. The molecule has 0 heterocycles. The van der Waals surface area contributed by atoms with E-state index in [9.17, 15) is 9.59 Å². The van der Waals surface area contributed by atoms with Gasteiger partial charge < -0.3 is 14.8 Å². The van der Waals surface area contributed by atoms with Crippen LogP contribution >= 0.6 is 0 Å². The van der Waals surface area contributed by atoms with E-state index in [0.29, 0.717) is 37.2 Å². The van der Waals surface area contributed by atoms with Crippen molar-refractivity contribution in [2.75, 3.05) is 6.61 Å². The van der Waals surface area contributed by atoms with Crippen LogP contribution in [0.2, 0.25) is 0 Å². The van der Waals surface area contributed by atoms with Gasteiger partial charge in [-0.05, 0) is 49.9 Å². The quantitative estimate of drug-likeness (QED) is 0.517. The van der Waals surface area contributed by atoms with Gasteiger partial charge in [0.2, 0.25) is 0 Å². The summed E-state index contributed by atoms with van der Waals surface area (Å²) < 4.78 is 11.3. The zero-order valence-electron chi connectivity index (χ0n) is 17.0. The van der Waals surface area contributed by atoms with Gasteiger partial charge in [-0.25, -0.2) is 9.59 Å². The van der Waals surface area contributed by atoms with Crippen molar-refractivity contribution in [3.05, 3.63) is 0 Å². The van der Waals surface area contributed by atoms with Crippen LogP contribution in [0.5, 0.6) is 0 Å². The number of carbonyl (C=O) groups excluding carboxylic acids is 2. The first kappa shape index (κ1) is 21.0. The first-order valence-electron chi connectivity index (χ1n) is 10.5. The number of nitrogens with one attached hydrogen (secondary N) is 1. The highest BCUT2D eigenvalue weighted by molar-refractivity contribution is 5.86. The van der Waals surface area contributed by atoms with Crippen LogP contribution in [-0.2, 0) is 14.3 Å². The summed E-state index contributed by atoms with van der Waals surface area (Å²) in [6.45, 7) is 9.08. The number of amides is 1. The van der Waals surface area contributed by atoms with Crippen molar-refractivity contribution in [1.29, 1.82) is 0 Å². The number of hydrogen-bond donors (Lipinski definition) is 1. The van der Waals surface area contributed by atoms with Crippen molar-refractivity contribution >= 4 is 12.1 Å². The predicted octanol–water partition coefficient (Wildman–Crippen LogP) is 4.83. The van der Waals surface area contributed by atoms with Gasteiger partial charge in [-0.3, -0.25) is 0 Å². The Bertz CT molecular complexity index is 471. The first-order valence-corrected chi connectivity index (χ1v) is 10.5. The van der Waals surface area contributed by atoms with Gasteiger partial charge in [-0.15, -0.1) is 0 Å². The van der Waals surface area contributed by atoms with Crippen molar-refractivity contribution in [2.24, 2.45) is 17.8 Å². The SMILES string of the molecule is CCCCOC(=O)C1(NC(=O)OC2CC(C)CCC2C(C)C)CCCC1. The average molecular weight is 368 g/mol. The summed E-state index contributed by atoms with van der Waals surface area (Å²) in [5, 5.41) is 2.90. The number of carbonyl (C=O) groups is 2. The fraction of sp³-hybridized carbons (Fsp3) is 0.905. The maximum Gasteiger partial charge on any atom is 0.408 e. The van der Waals surface area contributed by atoms with E-state index >= 15 is 0 Å². The summed E-state index contributed by atoms with van der Waals surface area (Å²) in [6.07, 6.45) is 7.65. The number of rotatable bonds is 7. The topological polar surface area (TPSA) is 64.6 Å². The highest BCUT2D eigenvalue weighted by atomic mass is 16.6. The molecule has 0 aliphatic heterocycles. The molecule has 3 atom stereocenters. The summed E-state index contributed by atoms with van der Waals surface area (Å²) >= 11 is 0. The van der Waals surface area contributed by atoms with E-state index in [1.165, 1.54) is 6.42 Å². The van der Waals surface area contributed by atoms with Gasteiger partial charge in [0, 0.05) is 0 Å². The Morgan fingerprint density at radius 2 is 1.88 bits per heavy atom. The lowest BCUT2D eigenvalue weighted by molar-refractivity contribution is -0.151. The highest BCUT2D eigenvalue weighted by Crippen LogP contribution is 2.36. The molecule has 2 aliphatic rings. The van der Waals surface area contributed by atoms with Crippen molar-refractivity contribution < 1.29 is 19.1 Å². The van der Waals surface area contributed by atoms with Gasteiger partial charge in [0.15, 0.2) is 0 Å². The summed E-state index contributed by atoms with van der Waals surface area (Å²) in [5.41, 5.74) is -0.890. The molecular weight excluding hydrogens is 330 g/mol. The van der Waals surface area contributed by atoms with Gasteiger partial charge in [0.1, 0.15) is 11.6 Å². The number of hydrogen-bond acceptors (Lipinski definition) is 4. The molecule has 2 rings (SSSR count). The molecule has 0 aromatic heterocycles. The van der Waals surface area contributed by atoms with Crippen LogP contribution in [0.4, 0.5) is 4.79 Å². The molecule has 0 aromatic carbocycles. The van der Waals surface area contributed by atoms with Crippen molar-refractivity contribution in [1.82, 2.24) is 5.32 Å². The second-order valence-electron chi connectivity index (χ2n) is 8.67. The Balaban J connectivity index is 1.97. The minimum absolute atomic E-state index is 0.0617. The van der Waals surface area contributed by atoms with E-state index in [2.05, 4.69) is 33.0 Å². The van der Waals surface area contributed by atoms with Gasteiger partial charge in [0.05, 0.1) is 6.61 Å². The lowest BCUT2D eigenvalue weighted by atomic mass is 9.75. The monoisotopic (exact) mass is 367 g/mol. The van der Waals surface area contributed by atoms with E-state index in [0.717, 1.165) is 38.5 Å². The molecule has 3 unspecified atom stereocenters. The van der Waals surface area contributed by atoms with Gasteiger partial charge in [0.25, 0.3) is 0 Å². The zero-order chi connectivity index (χ0) is 19.2. The van der Waals surface area contributed by atoms with Crippen molar-refractivity contribution in [3.63, 3.8) is 0 Å². The third-order valence-corrected chi connectivity index (χ3v) is 6.14. The van der Waals surface area contributed by atoms with Gasteiger partial charge in [-0.2, -0.15) is 0 Å². The van der Waals surface area contributed by atoms with Crippen LogP contribution in [0.25, 0.3) is 0 Å². The maximum absolute atomic E-state index is 12.6. The molecule has 0 radical (unpaired) electrons. The number of esters is 1. The third kappa shape index (κ3) is 5.37. The molecule has 5 nitrogen and oxygen atoms in total. The average Bonchev–Trinajstić information content (AvgIpc) is 3.04. The summed E-state index contributed by atoms with van der Waals surface area (Å²) in [6, 6.07) is 0. The molecule has 0 saturated heterocycles. The summed E-state index contributed by atoms with van der Waals surface area (Å²) in [4.78, 5) is 25.2. The van der Waals surface area contributed by atoms with Crippen LogP contribution in [0.1, 0.15) is 85.5 Å². The summed E-state index contributed by atoms with van der Waals surface area (Å²) in [7, 11) is 0. The van der Waals surface area contributed by atoms with Crippen LogP contribution in [0.15, 0.2) is 0 Å². The largest absolute Gasteiger partial charge is 0.464 e. The van der Waals surface area contributed by atoms with Crippen molar-refractivity contribution in [2.45, 2.75) is 97.1 Å². The molecule has 2 fully saturated rings. The molecule has 1 N–H and O–H groups in total. The molecular formula is C21H37NO4. The molecule has 26 heavy (non-hydrogen) atoms. The van der Waals surface area contributed by atoms with E-state index in [-0.39, 0.29) is 12.1 Å². The molecule has 1 amide bonds. The lowest BCUT2D eigenvalue weighted by Crippen LogP contribution is -2.54. The van der Waals surface area contributed by atoms with Crippen LogP contribution in [0, 0.1) is 17.8 Å². The predicted molar refractivity (Wildman–Crippen MR) is 102 cm³/mol. The number of ether oxygens (including phenoxy) is 2. The number of unbranched alkanes of at least 4 members (excludes halogenated alkanes) is 1. The van der Waals surface area contributed by atoms with E-state index in [1.54, 1.807) is 0 Å². The van der Waals surface area contributed by atoms with Crippen LogP contribution in [-0.4, -0.2) is 30.3 Å². The second kappa shape index (κ2) is 9.61.